The highest BCUT2D eigenvalue weighted by atomic mass is 19.3. The number of nitro benzene ring substituents is 1. The number of hydrogen-bond acceptors (Lipinski definition) is 4. The van der Waals surface area contributed by atoms with Gasteiger partial charge in [0.1, 0.15) is 5.75 Å². The zero-order valence-corrected chi connectivity index (χ0v) is 14.0. The predicted molar refractivity (Wildman–Crippen MR) is 93.2 cm³/mol. The van der Waals surface area contributed by atoms with Gasteiger partial charge in [-0.05, 0) is 6.07 Å². The summed E-state index contributed by atoms with van der Waals surface area (Å²) >= 11 is 0. The highest BCUT2D eigenvalue weighted by molar-refractivity contribution is 5.79. The molecule has 0 aromatic heterocycles. The maximum Gasteiger partial charge on any atom is 0.387 e. The number of rotatable bonds is 7. The second-order valence-electron chi connectivity index (χ2n) is 5.15. The first-order valence-corrected chi connectivity index (χ1v) is 7.70. The third-order valence-corrected chi connectivity index (χ3v) is 3.49. The number of nitrogens with one attached hydrogen (secondary N) is 2. The molecule has 0 saturated carbocycles. The van der Waals surface area contributed by atoms with Crippen molar-refractivity contribution in [1.82, 2.24) is 10.6 Å². The second-order valence-corrected chi connectivity index (χ2v) is 5.15. The van der Waals surface area contributed by atoms with Gasteiger partial charge in [0.2, 0.25) is 0 Å². The molecule has 0 fully saturated rings. The van der Waals surface area contributed by atoms with Crippen molar-refractivity contribution >= 4 is 11.6 Å². The molecule has 0 spiro atoms. The van der Waals surface area contributed by atoms with E-state index in [2.05, 4.69) is 20.4 Å². The molecule has 2 aromatic carbocycles. The zero-order valence-electron chi connectivity index (χ0n) is 14.0. The summed E-state index contributed by atoms with van der Waals surface area (Å²) in [6, 6.07) is 12.8. The Morgan fingerprint density at radius 3 is 2.31 bits per heavy atom. The number of para-hydroxylation sites is 2. The summed E-state index contributed by atoms with van der Waals surface area (Å²) in [5, 5.41) is 16.9. The molecule has 2 N–H and O–H groups in total. The number of halogens is 2. The quantitative estimate of drug-likeness (QED) is 0.341. The van der Waals surface area contributed by atoms with Gasteiger partial charge >= 0.3 is 6.61 Å². The molecule has 0 bridgehead atoms. The van der Waals surface area contributed by atoms with Crippen LogP contribution in [0.3, 0.4) is 0 Å². The second kappa shape index (κ2) is 9.30. The van der Waals surface area contributed by atoms with E-state index in [4.69, 9.17) is 0 Å². The van der Waals surface area contributed by atoms with E-state index in [9.17, 15) is 18.9 Å². The van der Waals surface area contributed by atoms with Crippen molar-refractivity contribution in [2.24, 2.45) is 4.99 Å². The highest BCUT2D eigenvalue weighted by Crippen LogP contribution is 2.20. The Morgan fingerprint density at radius 2 is 1.69 bits per heavy atom. The molecule has 0 aliphatic heterocycles. The van der Waals surface area contributed by atoms with Crippen LogP contribution in [0.2, 0.25) is 0 Å². The summed E-state index contributed by atoms with van der Waals surface area (Å²) < 4.78 is 29.4. The Bertz CT molecular complexity index is 784. The molecule has 0 aliphatic rings. The smallest absolute Gasteiger partial charge is 0.387 e. The number of nitrogens with zero attached hydrogens (tertiary/aromatic N) is 2. The minimum Gasteiger partial charge on any atom is -0.434 e. The van der Waals surface area contributed by atoms with Crippen molar-refractivity contribution < 1.29 is 18.4 Å². The lowest BCUT2D eigenvalue weighted by molar-refractivity contribution is -0.385. The van der Waals surface area contributed by atoms with Crippen LogP contribution in [0.15, 0.2) is 53.5 Å². The van der Waals surface area contributed by atoms with Crippen LogP contribution < -0.4 is 15.4 Å². The summed E-state index contributed by atoms with van der Waals surface area (Å²) in [6.45, 7) is -2.53. The van der Waals surface area contributed by atoms with Crippen molar-refractivity contribution in [1.29, 1.82) is 0 Å². The van der Waals surface area contributed by atoms with E-state index in [0.717, 1.165) is 0 Å². The molecule has 2 aromatic rings. The van der Waals surface area contributed by atoms with E-state index in [1.165, 1.54) is 19.2 Å². The Balaban J connectivity index is 1.98. The first kappa shape index (κ1) is 19.1. The molecule has 0 atom stereocenters. The van der Waals surface area contributed by atoms with Crippen LogP contribution in [0.4, 0.5) is 14.5 Å². The molecular weight excluding hydrogens is 346 g/mol. The molecule has 9 heteroatoms. The molecule has 0 radical (unpaired) electrons. The SMILES string of the molecule is CN=C(NCc1ccccc1OC(F)F)NCc1ccccc1[N+](=O)[O-]. The van der Waals surface area contributed by atoms with Gasteiger partial charge in [-0.15, -0.1) is 0 Å². The van der Waals surface area contributed by atoms with E-state index in [1.54, 1.807) is 36.4 Å². The van der Waals surface area contributed by atoms with Crippen LogP contribution in [0.1, 0.15) is 11.1 Å². The van der Waals surface area contributed by atoms with E-state index in [1.807, 2.05) is 0 Å². The normalized spacial score (nSPS) is 11.3. The number of nitro groups is 1. The molecular formula is C17H18F2N4O3. The third kappa shape index (κ3) is 5.40. The molecule has 0 unspecified atom stereocenters. The zero-order chi connectivity index (χ0) is 18.9. The van der Waals surface area contributed by atoms with Crippen LogP contribution in [-0.4, -0.2) is 24.5 Å². The minimum atomic E-state index is -2.91. The van der Waals surface area contributed by atoms with Crippen molar-refractivity contribution in [3.05, 3.63) is 69.8 Å². The topological polar surface area (TPSA) is 88.8 Å². The Labute approximate surface area is 148 Å². The van der Waals surface area contributed by atoms with Gasteiger partial charge in [-0.3, -0.25) is 15.1 Å². The molecule has 7 nitrogen and oxygen atoms in total. The lowest BCUT2D eigenvalue weighted by Gasteiger charge is -2.14. The van der Waals surface area contributed by atoms with Crippen LogP contribution in [0.25, 0.3) is 0 Å². The predicted octanol–water partition coefficient (Wildman–Crippen LogP) is 3.06. The lowest BCUT2D eigenvalue weighted by Crippen LogP contribution is -2.36. The summed E-state index contributed by atoms with van der Waals surface area (Å²) in [5.74, 6) is 0.444. The maximum absolute atomic E-state index is 12.4. The van der Waals surface area contributed by atoms with Crippen molar-refractivity contribution in [2.45, 2.75) is 19.7 Å². The molecule has 0 heterocycles. The van der Waals surface area contributed by atoms with Crippen LogP contribution >= 0.6 is 0 Å². The van der Waals surface area contributed by atoms with E-state index >= 15 is 0 Å². The Hall–Kier alpha value is -3.23. The standard InChI is InChI=1S/C17H18F2N4O3/c1-20-17(21-10-12-6-2-4-8-14(12)23(24)25)22-11-13-7-3-5-9-15(13)26-16(18)19/h2-9,16H,10-11H2,1H3,(H2,20,21,22). The van der Waals surface area contributed by atoms with Gasteiger partial charge in [-0.1, -0.05) is 36.4 Å². The van der Waals surface area contributed by atoms with Gasteiger partial charge in [0, 0.05) is 37.3 Å². The maximum atomic E-state index is 12.4. The number of aliphatic imine (C=N–C) groups is 1. The van der Waals surface area contributed by atoms with Crippen LogP contribution in [-0.2, 0) is 13.1 Å². The minimum absolute atomic E-state index is 0.00568. The molecule has 2 rings (SSSR count). The van der Waals surface area contributed by atoms with Gasteiger partial charge in [0.15, 0.2) is 5.96 Å². The van der Waals surface area contributed by atoms with Gasteiger partial charge in [-0.2, -0.15) is 8.78 Å². The lowest BCUT2D eigenvalue weighted by atomic mass is 10.2. The number of hydrogen-bond donors (Lipinski definition) is 2. The fraction of sp³-hybridized carbons (Fsp3) is 0.235. The molecule has 138 valence electrons. The van der Waals surface area contributed by atoms with Crippen LogP contribution in [0.5, 0.6) is 5.75 Å². The largest absolute Gasteiger partial charge is 0.434 e. The number of alkyl halides is 2. The monoisotopic (exact) mass is 364 g/mol. The fourth-order valence-electron chi connectivity index (χ4n) is 2.28. The summed E-state index contributed by atoms with van der Waals surface area (Å²) in [4.78, 5) is 14.6. The number of benzene rings is 2. The van der Waals surface area contributed by atoms with E-state index < -0.39 is 11.5 Å². The van der Waals surface area contributed by atoms with Gasteiger partial charge in [0.05, 0.1) is 4.92 Å². The average Bonchev–Trinajstić information content (AvgIpc) is 2.62. The number of guanidine groups is 1. The van der Waals surface area contributed by atoms with Gasteiger partial charge in [0.25, 0.3) is 5.69 Å². The highest BCUT2D eigenvalue weighted by Gasteiger charge is 2.13. The first-order chi connectivity index (χ1) is 12.5. The first-order valence-electron chi connectivity index (χ1n) is 7.70. The third-order valence-electron chi connectivity index (χ3n) is 3.49. The molecule has 0 saturated heterocycles. The van der Waals surface area contributed by atoms with Gasteiger partial charge < -0.3 is 15.4 Å². The molecule has 0 amide bonds. The summed E-state index contributed by atoms with van der Waals surface area (Å²) in [6.07, 6.45) is 0. The summed E-state index contributed by atoms with van der Waals surface area (Å²) in [5.41, 5.74) is 1.04. The number of ether oxygens (including phenoxy) is 1. The molecule has 0 aliphatic carbocycles. The van der Waals surface area contributed by atoms with E-state index in [-0.39, 0.29) is 24.5 Å². The average molecular weight is 364 g/mol. The van der Waals surface area contributed by atoms with Crippen molar-refractivity contribution in [3.63, 3.8) is 0 Å². The van der Waals surface area contributed by atoms with Crippen molar-refractivity contribution in [2.75, 3.05) is 7.05 Å². The summed E-state index contributed by atoms with van der Waals surface area (Å²) in [7, 11) is 1.54. The fourth-order valence-corrected chi connectivity index (χ4v) is 2.28. The van der Waals surface area contributed by atoms with Crippen molar-refractivity contribution in [3.8, 4) is 5.75 Å². The van der Waals surface area contributed by atoms with Gasteiger partial charge in [-0.25, -0.2) is 0 Å². The van der Waals surface area contributed by atoms with E-state index in [0.29, 0.717) is 17.1 Å². The molecule has 26 heavy (non-hydrogen) atoms. The Morgan fingerprint density at radius 1 is 1.12 bits per heavy atom. The Kier molecular flexibility index (Phi) is 6.84. The van der Waals surface area contributed by atoms with Crippen LogP contribution in [0, 0.1) is 10.1 Å².